The molecule has 98 valence electrons. The Morgan fingerprint density at radius 3 is 2.21 bits per heavy atom. The lowest BCUT2D eigenvalue weighted by atomic mass is 10.0. The maximum atomic E-state index is 12.2. The molecule has 2 aromatic carbocycles. The Labute approximate surface area is 111 Å². The molecule has 2 N–H and O–H groups in total. The molecule has 0 saturated heterocycles. The summed E-state index contributed by atoms with van der Waals surface area (Å²) in [7, 11) is -3.32. The number of carbonyl (C=O) groups is 1. The quantitative estimate of drug-likeness (QED) is 0.685. The second kappa shape index (κ2) is 4.85. The number of rotatable bonds is 3. The molecule has 0 fully saturated rings. The molecule has 0 heterocycles. The summed E-state index contributed by atoms with van der Waals surface area (Å²) in [6.07, 6.45) is 1.11. The van der Waals surface area contributed by atoms with Crippen LogP contribution < -0.4 is 5.73 Å². The van der Waals surface area contributed by atoms with E-state index in [1.54, 1.807) is 36.4 Å². The Bertz CT molecular complexity index is 719. The molecule has 0 saturated carbocycles. The van der Waals surface area contributed by atoms with Crippen LogP contribution in [0.1, 0.15) is 15.9 Å². The molecule has 0 atom stereocenters. The maximum Gasteiger partial charge on any atom is 0.193 e. The topological polar surface area (TPSA) is 77.2 Å². The smallest absolute Gasteiger partial charge is 0.193 e. The maximum absolute atomic E-state index is 12.2. The molecule has 0 aromatic heterocycles. The van der Waals surface area contributed by atoms with E-state index in [0.29, 0.717) is 16.8 Å². The van der Waals surface area contributed by atoms with Crippen molar-refractivity contribution in [3.05, 3.63) is 59.7 Å². The van der Waals surface area contributed by atoms with Crippen LogP contribution in [0.2, 0.25) is 0 Å². The monoisotopic (exact) mass is 275 g/mol. The Hall–Kier alpha value is -2.14. The van der Waals surface area contributed by atoms with Gasteiger partial charge in [0.15, 0.2) is 15.6 Å². The van der Waals surface area contributed by atoms with E-state index in [1.807, 2.05) is 0 Å². The predicted molar refractivity (Wildman–Crippen MR) is 73.8 cm³/mol. The second-order valence-corrected chi connectivity index (χ2v) is 6.27. The van der Waals surface area contributed by atoms with Crippen molar-refractivity contribution in [1.82, 2.24) is 0 Å². The first-order valence-electron chi connectivity index (χ1n) is 5.58. The van der Waals surface area contributed by atoms with Crippen LogP contribution in [-0.4, -0.2) is 20.5 Å². The van der Waals surface area contributed by atoms with Gasteiger partial charge in [0, 0.05) is 23.1 Å². The zero-order valence-corrected chi connectivity index (χ0v) is 11.1. The molecule has 0 aliphatic rings. The van der Waals surface area contributed by atoms with Gasteiger partial charge >= 0.3 is 0 Å². The molecule has 0 aliphatic heterocycles. The van der Waals surface area contributed by atoms with E-state index in [9.17, 15) is 13.2 Å². The number of nitrogens with two attached hydrogens (primary N) is 1. The highest BCUT2D eigenvalue weighted by Gasteiger charge is 2.13. The van der Waals surface area contributed by atoms with E-state index in [4.69, 9.17) is 5.73 Å². The number of ketones is 1. The second-order valence-electron chi connectivity index (χ2n) is 4.25. The van der Waals surface area contributed by atoms with E-state index >= 15 is 0 Å². The standard InChI is InChI=1S/C14H13NO3S/c1-19(17,18)13-4-2-3-11(9-13)14(16)10-5-7-12(15)8-6-10/h2-9H,15H2,1H3. The zero-order valence-electron chi connectivity index (χ0n) is 10.3. The Morgan fingerprint density at radius 1 is 1.00 bits per heavy atom. The minimum atomic E-state index is -3.32. The first-order chi connectivity index (χ1) is 8.88. The van der Waals surface area contributed by atoms with Gasteiger partial charge in [0.05, 0.1) is 4.90 Å². The van der Waals surface area contributed by atoms with Crippen LogP contribution in [-0.2, 0) is 9.84 Å². The average Bonchev–Trinajstić information content (AvgIpc) is 2.38. The molecule has 2 rings (SSSR count). The lowest BCUT2D eigenvalue weighted by Gasteiger charge is -2.04. The van der Waals surface area contributed by atoms with Gasteiger partial charge in [0.25, 0.3) is 0 Å². The van der Waals surface area contributed by atoms with E-state index in [0.717, 1.165) is 6.26 Å². The van der Waals surface area contributed by atoms with Crippen LogP contribution in [0.3, 0.4) is 0 Å². The van der Waals surface area contributed by atoms with Gasteiger partial charge in [-0.25, -0.2) is 8.42 Å². The van der Waals surface area contributed by atoms with Crippen molar-refractivity contribution in [2.24, 2.45) is 0 Å². The van der Waals surface area contributed by atoms with Gasteiger partial charge in [-0.2, -0.15) is 0 Å². The van der Waals surface area contributed by atoms with E-state index in [2.05, 4.69) is 0 Å². The van der Waals surface area contributed by atoms with Crippen LogP contribution in [0.15, 0.2) is 53.4 Å². The van der Waals surface area contributed by atoms with Gasteiger partial charge < -0.3 is 5.73 Å². The minimum Gasteiger partial charge on any atom is -0.399 e. The molecule has 2 aromatic rings. The van der Waals surface area contributed by atoms with E-state index in [-0.39, 0.29) is 10.7 Å². The molecule has 0 bridgehead atoms. The number of hydrogen-bond donors (Lipinski definition) is 1. The summed E-state index contributed by atoms with van der Waals surface area (Å²) in [6, 6.07) is 12.5. The third-order valence-corrected chi connectivity index (χ3v) is 3.81. The summed E-state index contributed by atoms with van der Waals surface area (Å²) >= 11 is 0. The fraction of sp³-hybridized carbons (Fsp3) is 0.0714. The largest absolute Gasteiger partial charge is 0.399 e. The van der Waals surface area contributed by atoms with Gasteiger partial charge in [0.2, 0.25) is 0 Å². The van der Waals surface area contributed by atoms with E-state index in [1.165, 1.54) is 12.1 Å². The lowest BCUT2D eigenvalue weighted by Crippen LogP contribution is -2.04. The highest BCUT2D eigenvalue weighted by molar-refractivity contribution is 7.90. The molecule has 19 heavy (non-hydrogen) atoms. The Morgan fingerprint density at radius 2 is 1.63 bits per heavy atom. The summed E-state index contributed by atoms with van der Waals surface area (Å²) in [6.45, 7) is 0. The summed E-state index contributed by atoms with van der Waals surface area (Å²) < 4.78 is 22.9. The first-order valence-corrected chi connectivity index (χ1v) is 7.47. The summed E-state index contributed by atoms with van der Waals surface area (Å²) in [5.74, 6) is -0.231. The molecule has 5 heteroatoms. The van der Waals surface area contributed by atoms with Crippen molar-refractivity contribution in [1.29, 1.82) is 0 Å². The molecule has 0 spiro atoms. The molecular formula is C14H13NO3S. The normalized spacial score (nSPS) is 11.2. The third kappa shape index (κ3) is 3.00. The molecule has 0 radical (unpaired) electrons. The van der Waals surface area contributed by atoms with Crippen LogP contribution in [0.25, 0.3) is 0 Å². The number of sulfone groups is 1. The van der Waals surface area contributed by atoms with Gasteiger partial charge in [-0.05, 0) is 36.4 Å². The fourth-order valence-electron chi connectivity index (χ4n) is 1.67. The van der Waals surface area contributed by atoms with Crippen molar-refractivity contribution in [3.63, 3.8) is 0 Å². The molecular weight excluding hydrogens is 262 g/mol. The number of carbonyl (C=O) groups excluding carboxylic acids is 1. The van der Waals surface area contributed by atoms with Crippen molar-refractivity contribution in [2.75, 3.05) is 12.0 Å². The van der Waals surface area contributed by atoms with Gasteiger partial charge in [-0.15, -0.1) is 0 Å². The number of anilines is 1. The SMILES string of the molecule is CS(=O)(=O)c1cccc(C(=O)c2ccc(N)cc2)c1. The minimum absolute atomic E-state index is 0.133. The lowest BCUT2D eigenvalue weighted by molar-refractivity contribution is 0.103. The molecule has 0 amide bonds. The summed E-state index contributed by atoms with van der Waals surface area (Å²) in [5.41, 5.74) is 6.94. The van der Waals surface area contributed by atoms with Crippen molar-refractivity contribution >= 4 is 21.3 Å². The number of nitrogen functional groups attached to an aromatic ring is 1. The highest BCUT2D eigenvalue weighted by Crippen LogP contribution is 2.16. The van der Waals surface area contributed by atoms with Crippen LogP contribution in [0.4, 0.5) is 5.69 Å². The fourth-order valence-corrected chi connectivity index (χ4v) is 2.34. The van der Waals surface area contributed by atoms with Crippen LogP contribution in [0.5, 0.6) is 0 Å². The highest BCUT2D eigenvalue weighted by atomic mass is 32.2. The molecule has 0 aliphatic carbocycles. The van der Waals surface area contributed by atoms with Crippen molar-refractivity contribution in [3.8, 4) is 0 Å². The van der Waals surface area contributed by atoms with Gasteiger partial charge in [-0.1, -0.05) is 12.1 Å². The van der Waals surface area contributed by atoms with Crippen molar-refractivity contribution in [2.45, 2.75) is 4.90 Å². The summed E-state index contributed by atoms with van der Waals surface area (Å²) in [4.78, 5) is 12.3. The first kappa shape index (κ1) is 13.3. The number of hydrogen-bond acceptors (Lipinski definition) is 4. The third-order valence-electron chi connectivity index (χ3n) is 2.70. The average molecular weight is 275 g/mol. The Balaban J connectivity index is 2.42. The van der Waals surface area contributed by atoms with Gasteiger partial charge in [-0.3, -0.25) is 4.79 Å². The van der Waals surface area contributed by atoms with Crippen LogP contribution in [0, 0.1) is 0 Å². The van der Waals surface area contributed by atoms with Gasteiger partial charge in [0.1, 0.15) is 0 Å². The van der Waals surface area contributed by atoms with Crippen molar-refractivity contribution < 1.29 is 13.2 Å². The molecule has 0 unspecified atom stereocenters. The van der Waals surface area contributed by atoms with Crippen LogP contribution >= 0.6 is 0 Å². The molecule has 4 nitrogen and oxygen atoms in total. The predicted octanol–water partition coefficient (Wildman–Crippen LogP) is 1.90. The number of benzene rings is 2. The van der Waals surface area contributed by atoms with E-state index < -0.39 is 9.84 Å². The Kier molecular flexibility index (Phi) is 3.40. The summed E-state index contributed by atoms with van der Waals surface area (Å²) in [5, 5.41) is 0. The zero-order chi connectivity index (χ0) is 14.0.